The van der Waals surface area contributed by atoms with E-state index in [1.54, 1.807) is 0 Å². The minimum Gasteiger partial charge on any atom is -0.455 e. The maximum absolute atomic E-state index is 6.65. The van der Waals surface area contributed by atoms with Gasteiger partial charge in [-0.3, -0.25) is 0 Å². The molecule has 0 radical (unpaired) electrons. The molecule has 49 heavy (non-hydrogen) atoms. The molecule has 0 bridgehead atoms. The van der Waals surface area contributed by atoms with Crippen LogP contribution in [0, 0.1) is 0 Å². The topological polar surface area (TPSA) is 23.0 Å². The zero-order chi connectivity index (χ0) is 32.1. The number of para-hydroxylation sites is 4. The molecular formula is C46H28N2O. The van der Waals surface area contributed by atoms with Crippen molar-refractivity contribution in [3.8, 4) is 22.5 Å². The normalized spacial score (nSPS) is 12.1. The summed E-state index contributed by atoms with van der Waals surface area (Å²) in [5.41, 5.74) is 11.2. The van der Waals surface area contributed by atoms with Crippen molar-refractivity contribution in [2.24, 2.45) is 0 Å². The largest absolute Gasteiger partial charge is 0.455 e. The van der Waals surface area contributed by atoms with Gasteiger partial charge in [-0.1, -0.05) is 115 Å². The molecule has 11 rings (SSSR count). The quantitative estimate of drug-likeness (QED) is 0.192. The van der Waals surface area contributed by atoms with Crippen molar-refractivity contribution in [3.63, 3.8) is 0 Å². The molecule has 0 amide bonds. The van der Waals surface area contributed by atoms with Gasteiger partial charge in [-0.2, -0.15) is 0 Å². The van der Waals surface area contributed by atoms with Gasteiger partial charge in [0, 0.05) is 49.1 Å². The maximum Gasteiger partial charge on any atom is 0.145 e. The zero-order valence-corrected chi connectivity index (χ0v) is 26.5. The predicted molar refractivity (Wildman–Crippen MR) is 205 cm³/mol. The fraction of sp³-hybridized carbons (Fsp3) is 0. The van der Waals surface area contributed by atoms with Crippen molar-refractivity contribution in [2.45, 2.75) is 0 Å². The minimum atomic E-state index is 0.912. The van der Waals surface area contributed by atoms with Crippen molar-refractivity contribution in [1.82, 2.24) is 9.13 Å². The molecule has 0 aliphatic rings. The Morgan fingerprint density at radius 3 is 1.63 bits per heavy atom. The SMILES string of the molecule is c1ccc(-n2c3ccccc3c3ccc(-c4ccc5c6ccc7ccc8c9ccccc9oc8c7c6n(-c6ccccc6)c5c4)cc32)cc1. The second-order valence-corrected chi connectivity index (χ2v) is 12.9. The molecular weight excluding hydrogens is 597 g/mol. The van der Waals surface area contributed by atoms with Gasteiger partial charge < -0.3 is 13.6 Å². The van der Waals surface area contributed by atoms with E-state index in [2.05, 4.69) is 173 Å². The molecule has 3 nitrogen and oxygen atoms in total. The molecule has 0 aliphatic carbocycles. The van der Waals surface area contributed by atoms with E-state index < -0.39 is 0 Å². The van der Waals surface area contributed by atoms with Gasteiger partial charge in [-0.15, -0.1) is 0 Å². The van der Waals surface area contributed by atoms with Gasteiger partial charge in [-0.05, 0) is 71.1 Å². The van der Waals surface area contributed by atoms with Gasteiger partial charge in [0.2, 0.25) is 0 Å². The Morgan fingerprint density at radius 2 is 0.898 bits per heavy atom. The van der Waals surface area contributed by atoms with E-state index in [9.17, 15) is 0 Å². The molecule has 0 saturated carbocycles. The van der Waals surface area contributed by atoms with Gasteiger partial charge in [0.25, 0.3) is 0 Å². The summed E-state index contributed by atoms with van der Waals surface area (Å²) in [5, 5.41) is 9.54. The summed E-state index contributed by atoms with van der Waals surface area (Å²) >= 11 is 0. The molecule has 228 valence electrons. The van der Waals surface area contributed by atoms with Crippen LogP contribution in [0.5, 0.6) is 0 Å². The van der Waals surface area contributed by atoms with Crippen LogP contribution in [0.3, 0.4) is 0 Å². The Balaban J connectivity index is 1.23. The van der Waals surface area contributed by atoms with Crippen LogP contribution < -0.4 is 0 Å². The molecule has 11 aromatic rings. The molecule has 0 saturated heterocycles. The monoisotopic (exact) mass is 624 g/mol. The maximum atomic E-state index is 6.65. The number of fused-ring (bicyclic) bond motifs is 12. The van der Waals surface area contributed by atoms with Crippen LogP contribution in [-0.2, 0) is 0 Å². The van der Waals surface area contributed by atoms with Gasteiger partial charge in [0.15, 0.2) is 0 Å². The summed E-state index contributed by atoms with van der Waals surface area (Å²) in [6.45, 7) is 0. The van der Waals surface area contributed by atoms with E-state index >= 15 is 0 Å². The van der Waals surface area contributed by atoms with Crippen molar-refractivity contribution in [2.75, 3.05) is 0 Å². The number of nitrogens with zero attached hydrogens (tertiary/aromatic N) is 2. The summed E-state index contributed by atoms with van der Waals surface area (Å²) in [4.78, 5) is 0. The molecule has 8 aromatic carbocycles. The smallest absolute Gasteiger partial charge is 0.145 e. The molecule has 0 unspecified atom stereocenters. The Morgan fingerprint density at radius 1 is 0.367 bits per heavy atom. The lowest BCUT2D eigenvalue weighted by atomic mass is 10.0. The Labute approximate surface area is 281 Å². The molecule has 3 heteroatoms. The third-order valence-electron chi connectivity index (χ3n) is 10.3. The highest BCUT2D eigenvalue weighted by Gasteiger charge is 2.20. The van der Waals surface area contributed by atoms with E-state index in [1.165, 1.54) is 60.1 Å². The molecule has 3 heterocycles. The van der Waals surface area contributed by atoms with Crippen molar-refractivity contribution in [3.05, 3.63) is 170 Å². The Bertz CT molecular complexity index is 3090. The standard InChI is InChI=1S/C46H28N2O/c1-3-11-32(12-4-1)47-40-17-9-7-15-34(40)35-23-21-30(27-41(35)47)31-22-24-36-38-25-19-29-20-26-39-37-16-8-10-18-43(37)49-46(39)44(29)45(38)48(42(36)28-31)33-13-5-2-6-14-33/h1-28H. The summed E-state index contributed by atoms with van der Waals surface area (Å²) in [5.74, 6) is 0. The van der Waals surface area contributed by atoms with Gasteiger partial charge in [0.1, 0.15) is 11.2 Å². The third-order valence-corrected chi connectivity index (χ3v) is 10.3. The minimum absolute atomic E-state index is 0.912. The van der Waals surface area contributed by atoms with Crippen molar-refractivity contribution >= 4 is 76.3 Å². The lowest BCUT2D eigenvalue weighted by molar-refractivity contribution is 0.673. The number of hydrogen-bond donors (Lipinski definition) is 0. The average Bonchev–Trinajstić information content (AvgIpc) is 3.82. The molecule has 0 aliphatic heterocycles. The Hall–Kier alpha value is -6.58. The van der Waals surface area contributed by atoms with E-state index in [0.29, 0.717) is 0 Å². The molecule has 0 fully saturated rings. The number of hydrogen-bond acceptors (Lipinski definition) is 1. The fourth-order valence-corrected chi connectivity index (χ4v) is 8.12. The van der Waals surface area contributed by atoms with Crippen LogP contribution in [0.4, 0.5) is 0 Å². The van der Waals surface area contributed by atoms with Gasteiger partial charge in [-0.25, -0.2) is 0 Å². The summed E-state index contributed by atoms with van der Waals surface area (Å²) in [6.07, 6.45) is 0. The second kappa shape index (κ2) is 9.96. The first-order valence-corrected chi connectivity index (χ1v) is 16.8. The van der Waals surface area contributed by atoms with E-state index in [0.717, 1.165) is 38.7 Å². The third kappa shape index (κ3) is 3.73. The lowest BCUT2D eigenvalue weighted by Gasteiger charge is -2.11. The van der Waals surface area contributed by atoms with Gasteiger partial charge >= 0.3 is 0 Å². The lowest BCUT2D eigenvalue weighted by Crippen LogP contribution is -1.95. The van der Waals surface area contributed by atoms with E-state index in [4.69, 9.17) is 4.42 Å². The van der Waals surface area contributed by atoms with E-state index in [-0.39, 0.29) is 0 Å². The van der Waals surface area contributed by atoms with Crippen molar-refractivity contribution in [1.29, 1.82) is 0 Å². The average molecular weight is 625 g/mol. The number of benzene rings is 8. The van der Waals surface area contributed by atoms with Crippen molar-refractivity contribution < 1.29 is 4.42 Å². The Kier molecular flexibility index (Phi) is 5.38. The predicted octanol–water partition coefficient (Wildman–Crippen LogP) is 12.6. The highest BCUT2D eigenvalue weighted by atomic mass is 16.3. The van der Waals surface area contributed by atoms with Crippen LogP contribution >= 0.6 is 0 Å². The number of rotatable bonds is 3. The summed E-state index contributed by atoms with van der Waals surface area (Å²) in [6, 6.07) is 61.2. The summed E-state index contributed by atoms with van der Waals surface area (Å²) < 4.78 is 11.5. The highest BCUT2D eigenvalue weighted by molar-refractivity contribution is 6.27. The summed E-state index contributed by atoms with van der Waals surface area (Å²) in [7, 11) is 0. The first-order valence-electron chi connectivity index (χ1n) is 16.8. The molecule has 0 N–H and O–H groups in total. The molecule has 0 spiro atoms. The zero-order valence-electron chi connectivity index (χ0n) is 26.5. The van der Waals surface area contributed by atoms with E-state index in [1.807, 2.05) is 6.07 Å². The van der Waals surface area contributed by atoms with Crippen LogP contribution in [0.25, 0.3) is 98.8 Å². The second-order valence-electron chi connectivity index (χ2n) is 12.9. The first kappa shape index (κ1) is 26.5. The number of furan rings is 1. The number of aromatic nitrogens is 2. The van der Waals surface area contributed by atoms with Crippen LogP contribution in [-0.4, -0.2) is 9.13 Å². The van der Waals surface area contributed by atoms with Gasteiger partial charge in [0.05, 0.1) is 22.1 Å². The van der Waals surface area contributed by atoms with Crippen LogP contribution in [0.1, 0.15) is 0 Å². The first-order chi connectivity index (χ1) is 24.3. The highest BCUT2D eigenvalue weighted by Crippen LogP contribution is 2.43. The van der Waals surface area contributed by atoms with Crippen LogP contribution in [0.15, 0.2) is 174 Å². The molecule has 3 aromatic heterocycles. The molecule has 0 atom stereocenters. The fourth-order valence-electron chi connectivity index (χ4n) is 8.12. The van der Waals surface area contributed by atoms with Crippen LogP contribution in [0.2, 0.25) is 0 Å².